The summed E-state index contributed by atoms with van der Waals surface area (Å²) in [6.07, 6.45) is 2.81. The minimum absolute atomic E-state index is 0.0208. The van der Waals surface area contributed by atoms with Crippen molar-refractivity contribution in [2.24, 2.45) is 29.6 Å². The molecule has 0 spiro atoms. The molecule has 2 saturated heterocycles. The third-order valence-electron chi connectivity index (χ3n) is 15.4. The monoisotopic (exact) mass is 1090 g/mol. The molecule has 1 aliphatic carbocycles. The Morgan fingerprint density at radius 2 is 1.48 bits per heavy atom. The highest BCUT2D eigenvalue weighted by atomic mass is 16.7. The van der Waals surface area contributed by atoms with E-state index in [9.17, 15) is 48.6 Å². The minimum atomic E-state index is -2.58. The molecular formula is C57H87NO19. The fourth-order valence-electron chi connectivity index (χ4n) is 11.1. The number of carbonyl (C=O) groups excluding carboxylic acids is 8. The number of nitrogens with zero attached hydrogens (tertiary/aromatic N) is 1. The molecule has 3 aliphatic heterocycles. The summed E-state index contributed by atoms with van der Waals surface area (Å²) >= 11 is 0. The van der Waals surface area contributed by atoms with Crippen LogP contribution in [0.3, 0.4) is 0 Å². The van der Waals surface area contributed by atoms with Crippen LogP contribution in [0, 0.1) is 29.6 Å². The second kappa shape index (κ2) is 29.9. The van der Waals surface area contributed by atoms with Gasteiger partial charge in [0.25, 0.3) is 11.7 Å². The molecule has 3 fully saturated rings. The van der Waals surface area contributed by atoms with Crippen molar-refractivity contribution in [3.63, 3.8) is 0 Å². The molecule has 77 heavy (non-hydrogen) atoms. The number of esters is 5. The van der Waals surface area contributed by atoms with Gasteiger partial charge in [-0.15, -0.1) is 6.58 Å². The van der Waals surface area contributed by atoms with Gasteiger partial charge >= 0.3 is 29.8 Å². The SMILES string of the molecule is C=CC[C@@H]1/C=C(\C)C[C@H](C)C[C@H](OC)[C@H]2O[C@@](O)(C(=O)C(=O)N3CCCC[C@H]3C(=O)O[C@@](C)(/C(C)=C/[C@@H]3CC[C@@H](OC(=O)CC(C)CC(=O)OC(COC(C)=O)COC(C)=O)[C@H](OC)C3)C[C@@H](O)CC1=O)[C@H](C)C[C@@H]2OC. The molecule has 1 amide bonds. The highest BCUT2D eigenvalue weighted by Gasteiger charge is 2.57. The molecule has 4 rings (SSSR count). The van der Waals surface area contributed by atoms with E-state index in [1.807, 2.05) is 26.0 Å². The van der Waals surface area contributed by atoms with Gasteiger partial charge in [0, 0.05) is 79.2 Å². The smallest absolute Gasteiger partial charge is 0.329 e. The predicted molar refractivity (Wildman–Crippen MR) is 278 cm³/mol. The first-order valence-electron chi connectivity index (χ1n) is 27.2. The zero-order chi connectivity index (χ0) is 57.4. The summed E-state index contributed by atoms with van der Waals surface area (Å²) in [5.41, 5.74) is -0.103. The lowest BCUT2D eigenvalue weighted by atomic mass is 9.80. The van der Waals surface area contributed by atoms with Crippen LogP contribution in [0.4, 0.5) is 0 Å². The highest BCUT2D eigenvalue weighted by molar-refractivity contribution is 6.39. The third kappa shape index (κ3) is 18.6. The van der Waals surface area contributed by atoms with E-state index >= 15 is 0 Å². The second-order valence-corrected chi connectivity index (χ2v) is 22.1. The topological polar surface area (TPSA) is 263 Å². The summed E-state index contributed by atoms with van der Waals surface area (Å²) < 4.78 is 51.5. The van der Waals surface area contributed by atoms with E-state index in [0.717, 1.165) is 10.5 Å². The molecule has 2 bridgehead atoms. The molecule has 0 radical (unpaired) electrons. The lowest BCUT2D eigenvalue weighted by molar-refractivity contribution is -0.302. The number of aliphatic hydroxyl groups excluding tert-OH is 1. The molecule has 0 aromatic carbocycles. The van der Waals surface area contributed by atoms with Crippen LogP contribution in [-0.4, -0.2) is 164 Å². The van der Waals surface area contributed by atoms with Crippen molar-refractivity contribution in [2.75, 3.05) is 41.1 Å². The number of hydrogen-bond donors (Lipinski definition) is 2. The maximum Gasteiger partial charge on any atom is 0.329 e. The van der Waals surface area contributed by atoms with E-state index < -0.39 is 119 Å². The van der Waals surface area contributed by atoms with Gasteiger partial charge < -0.3 is 57.7 Å². The van der Waals surface area contributed by atoms with E-state index in [1.165, 1.54) is 35.2 Å². The zero-order valence-electron chi connectivity index (χ0n) is 47.2. The molecule has 4 aliphatic rings. The van der Waals surface area contributed by atoms with Crippen LogP contribution in [0.25, 0.3) is 0 Å². The molecule has 1 unspecified atom stereocenters. The summed E-state index contributed by atoms with van der Waals surface area (Å²) in [6, 6.07) is -1.24. The number of ether oxygens (including phenoxy) is 9. The first-order chi connectivity index (χ1) is 36.3. The average molecular weight is 1090 g/mol. The van der Waals surface area contributed by atoms with Crippen molar-refractivity contribution in [2.45, 2.75) is 205 Å². The summed E-state index contributed by atoms with van der Waals surface area (Å²) in [7, 11) is 4.51. The van der Waals surface area contributed by atoms with Gasteiger partial charge in [0.2, 0.25) is 5.79 Å². The van der Waals surface area contributed by atoms with Crippen molar-refractivity contribution in [1.82, 2.24) is 4.90 Å². The van der Waals surface area contributed by atoms with E-state index in [-0.39, 0.29) is 75.9 Å². The van der Waals surface area contributed by atoms with Gasteiger partial charge in [-0.2, -0.15) is 0 Å². The number of Topliss-reactive ketones (excluding diaryl/α,β-unsaturated/α-hetero) is 2. The van der Waals surface area contributed by atoms with E-state index in [1.54, 1.807) is 33.8 Å². The summed E-state index contributed by atoms with van der Waals surface area (Å²) in [5, 5.41) is 24.0. The average Bonchev–Trinajstić information content (AvgIpc) is 3.36. The van der Waals surface area contributed by atoms with E-state index in [4.69, 9.17) is 42.6 Å². The number of ketones is 2. The molecule has 20 nitrogen and oxygen atoms in total. The van der Waals surface area contributed by atoms with Gasteiger partial charge in [-0.05, 0) is 108 Å². The number of hydrogen-bond acceptors (Lipinski definition) is 19. The molecule has 0 aromatic heterocycles. The molecule has 3 heterocycles. The quantitative estimate of drug-likeness (QED) is 0.0756. The number of methoxy groups -OCH3 is 3. The Labute approximate surface area is 454 Å². The summed E-state index contributed by atoms with van der Waals surface area (Å²) in [6.45, 7) is 16.3. The molecule has 2 N–H and O–H groups in total. The van der Waals surface area contributed by atoms with Gasteiger partial charge in [-0.25, -0.2) is 4.79 Å². The number of allylic oxidation sites excluding steroid dienone is 4. The van der Waals surface area contributed by atoms with Crippen LogP contribution in [0.2, 0.25) is 0 Å². The van der Waals surface area contributed by atoms with E-state index in [0.29, 0.717) is 56.9 Å². The number of fused-ring (bicyclic) bond motifs is 3. The summed E-state index contributed by atoms with van der Waals surface area (Å²) in [5.74, 6) is -10.7. The normalized spacial score (nSPS) is 33.5. The Balaban J connectivity index is 1.60. The Hall–Kier alpha value is -4.86. The van der Waals surface area contributed by atoms with Crippen molar-refractivity contribution in [3.8, 4) is 0 Å². The number of amides is 1. The Morgan fingerprint density at radius 3 is 2.09 bits per heavy atom. The first-order valence-corrected chi connectivity index (χ1v) is 27.2. The largest absolute Gasteiger partial charge is 0.462 e. The van der Waals surface area contributed by atoms with Crippen molar-refractivity contribution < 1.29 is 91.2 Å². The molecule has 1 saturated carbocycles. The van der Waals surface area contributed by atoms with Crippen molar-refractivity contribution in [3.05, 3.63) is 36.0 Å². The van der Waals surface area contributed by atoms with Crippen LogP contribution in [-0.2, 0) is 81.0 Å². The van der Waals surface area contributed by atoms with Crippen LogP contribution >= 0.6 is 0 Å². The number of aliphatic hydroxyl groups is 2. The fraction of sp³-hybridized carbons (Fsp3) is 0.754. The van der Waals surface area contributed by atoms with Crippen LogP contribution < -0.4 is 0 Å². The van der Waals surface area contributed by atoms with Crippen LogP contribution in [0.15, 0.2) is 36.0 Å². The molecule has 0 aromatic rings. The maximum absolute atomic E-state index is 14.7. The number of cyclic esters (lactones) is 1. The van der Waals surface area contributed by atoms with Crippen molar-refractivity contribution >= 4 is 47.3 Å². The summed E-state index contributed by atoms with van der Waals surface area (Å²) in [4.78, 5) is 107. The number of piperidine rings is 1. The second-order valence-electron chi connectivity index (χ2n) is 22.1. The lowest BCUT2D eigenvalue weighted by Crippen LogP contribution is -2.64. The Kier molecular flexibility index (Phi) is 25.1. The Morgan fingerprint density at radius 1 is 0.857 bits per heavy atom. The number of carbonyl (C=O) groups is 8. The minimum Gasteiger partial charge on any atom is -0.462 e. The van der Waals surface area contributed by atoms with Crippen molar-refractivity contribution in [1.29, 1.82) is 0 Å². The highest BCUT2D eigenvalue weighted by Crippen LogP contribution is 2.40. The zero-order valence-corrected chi connectivity index (χ0v) is 47.2. The molecular weight excluding hydrogens is 1000 g/mol. The molecule has 434 valence electrons. The molecule has 14 atom stereocenters. The van der Waals surface area contributed by atoms with Gasteiger partial charge in [-0.1, -0.05) is 44.6 Å². The van der Waals surface area contributed by atoms with Gasteiger partial charge in [-0.3, -0.25) is 33.6 Å². The van der Waals surface area contributed by atoms with Gasteiger partial charge in [0.1, 0.15) is 42.8 Å². The van der Waals surface area contributed by atoms with Crippen LogP contribution in [0.5, 0.6) is 0 Å². The first kappa shape index (κ1) is 64.7. The standard InChI is InChI=1S/C57H87NO19/c1-13-16-41-22-33(2)21-34(3)23-48(70-11)52-49(71-12)27-37(6)57(68,76-52)53(65)54(66)58-20-15-14-17-44(58)55(67)77-56(9,30-42(61)29-45(41)62)36(5)26-40-18-19-46(47(28-40)69-10)75-51(64)25-35(4)24-50(63)74-43(31-72-38(7)59)32-73-39(8)60/h13,22,26,34-35,37,40-44,46-49,52,61,68H,1,14-21,23-25,27-32H2,2-12H3/b33-22+,36-26+/t34-,35?,37+,40-,41+,42-,44-,46+,47+,48-,49-,52+,56+,57+/m0/s1. The van der Waals surface area contributed by atoms with E-state index in [2.05, 4.69) is 6.58 Å². The van der Waals surface area contributed by atoms with Gasteiger partial charge in [0.05, 0.1) is 24.4 Å². The third-order valence-corrected chi connectivity index (χ3v) is 15.4. The maximum atomic E-state index is 14.7. The fourth-order valence-corrected chi connectivity index (χ4v) is 11.1. The lowest BCUT2D eigenvalue weighted by Gasteiger charge is -2.47. The van der Waals surface area contributed by atoms with Crippen LogP contribution in [0.1, 0.15) is 145 Å². The number of rotatable bonds is 17. The predicted octanol–water partition coefficient (Wildman–Crippen LogP) is 5.79. The van der Waals surface area contributed by atoms with Gasteiger partial charge in [0.15, 0.2) is 6.10 Å². The Bertz CT molecular complexity index is 2120. The molecule has 20 heteroatoms.